The maximum absolute atomic E-state index is 11.3. The monoisotopic (exact) mass is 801 g/mol. The molecule has 4 nitrogen and oxygen atoms in total. The summed E-state index contributed by atoms with van der Waals surface area (Å²) >= 11 is 1.52. The molecule has 0 saturated heterocycles. The highest BCUT2D eigenvalue weighted by atomic mass is 127. The molecule has 2 aromatic carbocycles. The number of aryl methyl sites for hydroxylation is 2. The first kappa shape index (κ1) is 29.7. The van der Waals surface area contributed by atoms with Crippen LogP contribution in [0.4, 0.5) is 11.4 Å². The number of para-hydroxylation sites is 1. The van der Waals surface area contributed by atoms with Crippen molar-refractivity contribution in [2.45, 2.75) is 23.6 Å². The summed E-state index contributed by atoms with van der Waals surface area (Å²) in [6.07, 6.45) is 0. The number of carboxylic acid groups (broad SMARTS) is 1. The third-order valence-corrected chi connectivity index (χ3v) is 4.48. The van der Waals surface area contributed by atoms with Gasteiger partial charge in [-0.2, -0.15) is 0 Å². The maximum atomic E-state index is 11.3. The number of carbonyl (C=O) groups is 1. The molecule has 1 aliphatic rings. The first-order chi connectivity index (χ1) is 9.08. The highest BCUT2D eigenvalue weighted by Crippen LogP contribution is 2.48. The normalized spacial score (nSPS) is 9.75. The molecule has 136 valence electrons. The van der Waals surface area contributed by atoms with Crippen molar-refractivity contribution < 1.29 is 15.4 Å². The molecule has 9 heteroatoms. The third kappa shape index (κ3) is 5.72. The number of halogens is 4. The van der Waals surface area contributed by atoms with Gasteiger partial charge in [0.2, 0.25) is 0 Å². The second kappa shape index (κ2) is 12.3. The number of fused-ring (bicyclic) bond motifs is 2. The van der Waals surface area contributed by atoms with Gasteiger partial charge in [-0.1, -0.05) is 30.0 Å². The molecule has 0 atom stereocenters. The van der Waals surface area contributed by atoms with Crippen molar-refractivity contribution in [1.29, 1.82) is 0 Å². The molecule has 3 rings (SSSR count). The van der Waals surface area contributed by atoms with E-state index in [0.717, 1.165) is 32.3 Å². The van der Waals surface area contributed by atoms with Crippen LogP contribution in [0.25, 0.3) is 0 Å². The molecule has 0 amide bonds. The van der Waals surface area contributed by atoms with Gasteiger partial charge in [0.15, 0.2) is 0 Å². The average Bonchev–Trinajstić information content (AvgIpc) is 2.38. The summed E-state index contributed by atoms with van der Waals surface area (Å²) < 4.78 is 0. The molecule has 0 bridgehead atoms. The van der Waals surface area contributed by atoms with Gasteiger partial charge in [-0.25, -0.2) is 4.79 Å². The van der Waals surface area contributed by atoms with Crippen molar-refractivity contribution in [3.8, 4) is 0 Å². The minimum atomic E-state index is -0.887. The molecule has 4 N–H and O–H groups in total. The Hall–Kier alpha value is 0.940. The van der Waals surface area contributed by atoms with Gasteiger partial charge in [0.25, 0.3) is 0 Å². The molecule has 24 heavy (non-hydrogen) atoms. The van der Waals surface area contributed by atoms with Crippen molar-refractivity contribution in [2.24, 2.45) is 0 Å². The number of aromatic carboxylic acids is 1. The Morgan fingerprint density at radius 1 is 0.958 bits per heavy atom. The third-order valence-electron chi connectivity index (χ3n) is 3.29. The minimum absolute atomic E-state index is 0. The van der Waals surface area contributed by atoms with Crippen molar-refractivity contribution in [3.05, 3.63) is 47.0 Å². The smallest absolute Gasteiger partial charge is 0.336 e. The zero-order valence-electron chi connectivity index (χ0n) is 12.8. The van der Waals surface area contributed by atoms with Crippen LogP contribution in [0.15, 0.2) is 40.1 Å². The lowest BCUT2D eigenvalue weighted by atomic mass is 10.1. The molecule has 0 aliphatic carbocycles. The zero-order valence-corrected chi connectivity index (χ0v) is 22.9. The second-order valence-electron chi connectivity index (χ2n) is 4.61. The first-order valence-corrected chi connectivity index (χ1v) is 6.81. The van der Waals surface area contributed by atoms with Crippen LogP contribution in [0.1, 0.15) is 21.5 Å². The molecule has 1 heterocycles. The zero-order chi connectivity index (χ0) is 13.6. The van der Waals surface area contributed by atoms with E-state index in [0.29, 0.717) is 5.56 Å². The molecular weight excluding hydrogens is 782 g/mol. The summed E-state index contributed by atoms with van der Waals surface area (Å²) in [7, 11) is 0. The van der Waals surface area contributed by atoms with Crippen LogP contribution in [0, 0.1) is 13.8 Å². The average molecular weight is 801 g/mol. The van der Waals surface area contributed by atoms with E-state index in [4.69, 9.17) is 0 Å². The number of anilines is 2. The fraction of sp³-hybridized carbons (Fsp3) is 0.133. The van der Waals surface area contributed by atoms with Crippen LogP contribution in [0.2, 0.25) is 0 Å². The molecule has 0 unspecified atom stereocenters. The summed E-state index contributed by atoms with van der Waals surface area (Å²) in [5, 5.41) is 12.7. The van der Waals surface area contributed by atoms with E-state index in [1.807, 2.05) is 38.1 Å². The van der Waals surface area contributed by atoms with Crippen LogP contribution in [0.5, 0.6) is 0 Å². The van der Waals surface area contributed by atoms with Crippen molar-refractivity contribution in [1.82, 2.24) is 0 Å². The Labute approximate surface area is 213 Å². The molecule has 0 aromatic heterocycles. The van der Waals surface area contributed by atoms with E-state index in [2.05, 4.69) is 5.32 Å². The topological polar surface area (TPSA) is 80.8 Å². The Bertz CT molecular complexity index is 713. The maximum Gasteiger partial charge on any atom is 0.336 e. The summed E-state index contributed by atoms with van der Waals surface area (Å²) in [6, 6.07) is 9.57. The summed E-state index contributed by atoms with van der Waals surface area (Å²) in [5.74, 6) is -0.887. The van der Waals surface area contributed by atoms with Gasteiger partial charge in [0, 0.05) is 4.90 Å². The lowest BCUT2D eigenvalue weighted by molar-refractivity contribution is 0.0693. The van der Waals surface area contributed by atoms with Crippen molar-refractivity contribution >= 4 is 125 Å². The van der Waals surface area contributed by atoms with Crippen LogP contribution < -0.4 is 5.32 Å². The van der Waals surface area contributed by atoms with Crippen LogP contribution in [-0.2, 0) is 0 Å². The Morgan fingerprint density at radius 3 is 2.12 bits per heavy atom. The van der Waals surface area contributed by atoms with Gasteiger partial charge >= 0.3 is 5.97 Å². The fourth-order valence-corrected chi connectivity index (χ4v) is 3.49. The quantitative estimate of drug-likeness (QED) is 0.303. The lowest BCUT2D eigenvalue weighted by Gasteiger charge is -2.25. The number of hydrogen-bond donors (Lipinski definition) is 2. The molecule has 0 saturated carbocycles. The number of hydrogen-bond acceptors (Lipinski definition) is 3. The summed E-state index contributed by atoms with van der Waals surface area (Å²) in [5.41, 5.74) is 4.56. The predicted molar refractivity (Wildman–Crippen MR) is 142 cm³/mol. The van der Waals surface area contributed by atoms with Crippen molar-refractivity contribution in [3.63, 3.8) is 0 Å². The van der Waals surface area contributed by atoms with E-state index >= 15 is 0 Å². The van der Waals surface area contributed by atoms with E-state index in [1.165, 1.54) is 11.8 Å². The van der Waals surface area contributed by atoms with Gasteiger partial charge in [0.05, 0.1) is 21.8 Å². The molecule has 2 aromatic rings. The van der Waals surface area contributed by atoms with E-state index in [9.17, 15) is 9.90 Å². The fourth-order valence-electron chi connectivity index (χ4n) is 2.23. The number of nitrogens with one attached hydrogen (secondary N) is 1. The Balaban J connectivity index is -0.000000882. The number of benzene rings is 2. The molecular formula is C15H19I4NO3S. The predicted octanol–water partition coefficient (Wildman–Crippen LogP) is 5.86. The van der Waals surface area contributed by atoms with E-state index in [1.54, 1.807) is 6.07 Å². The number of carboxylic acids is 1. The summed E-state index contributed by atoms with van der Waals surface area (Å²) in [4.78, 5) is 13.2. The second-order valence-corrected chi connectivity index (χ2v) is 5.67. The van der Waals surface area contributed by atoms with Gasteiger partial charge in [-0.15, -0.1) is 95.9 Å². The lowest BCUT2D eigenvalue weighted by Crippen LogP contribution is -2.08. The van der Waals surface area contributed by atoms with Gasteiger partial charge in [-0.3, -0.25) is 0 Å². The molecule has 0 radical (unpaired) electrons. The SMILES string of the molecule is Cc1cccc2c1Nc1c(C)ccc(C(=O)O)c1S2.I.I.I.I.O. The molecule has 0 spiro atoms. The van der Waals surface area contributed by atoms with Gasteiger partial charge in [0.1, 0.15) is 0 Å². The highest BCUT2D eigenvalue weighted by Gasteiger charge is 2.23. The van der Waals surface area contributed by atoms with E-state index < -0.39 is 5.97 Å². The largest absolute Gasteiger partial charge is 0.478 e. The first-order valence-electron chi connectivity index (χ1n) is 5.99. The van der Waals surface area contributed by atoms with Gasteiger partial charge in [-0.05, 0) is 37.1 Å². The molecule has 0 fully saturated rings. The standard InChI is InChI=1S/C15H13NO2S.4HI.H2O/c1-8-4-3-5-11-12(8)16-13-9(2)6-7-10(15(17)18)14(13)19-11;;;;;/h3-7,16H,1-2H3,(H,17,18);4*1H;1H2. The van der Waals surface area contributed by atoms with Crippen molar-refractivity contribution in [2.75, 3.05) is 5.32 Å². The Kier molecular flexibility index (Phi) is 15.3. The van der Waals surface area contributed by atoms with E-state index in [-0.39, 0.29) is 101 Å². The van der Waals surface area contributed by atoms with Crippen LogP contribution in [0.3, 0.4) is 0 Å². The number of rotatable bonds is 1. The summed E-state index contributed by atoms with van der Waals surface area (Å²) in [6.45, 7) is 4.04. The minimum Gasteiger partial charge on any atom is -0.478 e. The van der Waals surface area contributed by atoms with Crippen LogP contribution in [-0.4, -0.2) is 16.6 Å². The van der Waals surface area contributed by atoms with Gasteiger partial charge < -0.3 is 15.9 Å². The Morgan fingerprint density at radius 2 is 1.54 bits per heavy atom. The molecule has 1 aliphatic heterocycles. The van der Waals surface area contributed by atoms with Crippen LogP contribution >= 0.6 is 108 Å². The highest BCUT2D eigenvalue weighted by molar-refractivity contribution is 14.0.